The third-order valence-corrected chi connectivity index (χ3v) is 4.34. The highest BCUT2D eigenvalue weighted by atomic mass is 15.3. The number of nitrogens with one attached hydrogen (secondary N) is 1. The van der Waals surface area contributed by atoms with Gasteiger partial charge in [0.2, 0.25) is 0 Å². The number of anilines is 1. The van der Waals surface area contributed by atoms with Gasteiger partial charge in [-0.1, -0.05) is 30.7 Å². The number of hydrogen-bond donors (Lipinski definition) is 3. The summed E-state index contributed by atoms with van der Waals surface area (Å²) >= 11 is 0. The SMILES string of the molecule is Cn1ncc(C(NN)c2ccccc2C2CCC2)c1N. The Morgan fingerprint density at radius 2 is 2.05 bits per heavy atom. The number of nitrogens with zero attached hydrogens (tertiary/aromatic N) is 2. The van der Waals surface area contributed by atoms with E-state index in [1.807, 2.05) is 13.1 Å². The van der Waals surface area contributed by atoms with Crippen LogP contribution in [-0.2, 0) is 7.05 Å². The summed E-state index contributed by atoms with van der Waals surface area (Å²) in [5, 5.41) is 4.22. The van der Waals surface area contributed by atoms with Crippen LogP contribution in [0.4, 0.5) is 5.82 Å². The lowest BCUT2D eigenvalue weighted by molar-refractivity contribution is 0.414. The second-order valence-corrected chi connectivity index (χ2v) is 5.47. The molecule has 20 heavy (non-hydrogen) atoms. The van der Waals surface area contributed by atoms with E-state index in [0.29, 0.717) is 11.7 Å². The van der Waals surface area contributed by atoms with Crippen molar-refractivity contribution < 1.29 is 0 Å². The Morgan fingerprint density at radius 3 is 2.60 bits per heavy atom. The average molecular weight is 271 g/mol. The Balaban J connectivity index is 2.03. The third kappa shape index (κ3) is 2.09. The smallest absolute Gasteiger partial charge is 0.126 e. The van der Waals surface area contributed by atoms with E-state index < -0.39 is 0 Å². The highest BCUT2D eigenvalue weighted by molar-refractivity contribution is 5.48. The van der Waals surface area contributed by atoms with Gasteiger partial charge in [0, 0.05) is 12.6 Å². The molecule has 5 N–H and O–H groups in total. The van der Waals surface area contributed by atoms with Crippen molar-refractivity contribution in [3.8, 4) is 0 Å². The van der Waals surface area contributed by atoms with Gasteiger partial charge in [-0.2, -0.15) is 5.10 Å². The van der Waals surface area contributed by atoms with Gasteiger partial charge >= 0.3 is 0 Å². The van der Waals surface area contributed by atoms with Crippen molar-refractivity contribution in [2.45, 2.75) is 31.2 Å². The van der Waals surface area contributed by atoms with Crippen molar-refractivity contribution >= 4 is 5.82 Å². The summed E-state index contributed by atoms with van der Waals surface area (Å²) in [6, 6.07) is 8.37. The first kappa shape index (κ1) is 13.1. The molecule has 1 aliphatic carbocycles. The Hall–Kier alpha value is -1.85. The van der Waals surface area contributed by atoms with E-state index >= 15 is 0 Å². The first-order chi connectivity index (χ1) is 9.72. The Bertz CT molecular complexity index is 600. The number of nitrogens with two attached hydrogens (primary N) is 2. The molecule has 1 aromatic carbocycles. The van der Waals surface area contributed by atoms with Crippen LogP contribution in [0.2, 0.25) is 0 Å². The maximum atomic E-state index is 6.09. The van der Waals surface area contributed by atoms with Crippen LogP contribution in [0.1, 0.15) is 47.9 Å². The maximum absolute atomic E-state index is 6.09. The summed E-state index contributed by atoms with van der Waals surface area (Å²) < 4.78 is 1.67. The van der Waals surface area contributed by atoms with Crippen LogP contribution in [0.3, 0.4) is 0 Å². The van der Waals surface area contributed by atoms with Crippen LogP contribution >= 0.6 is 0 Å². The van der Waals surface area contributed by atoms with Crippen molar-refractivity contribution in [1.29, 1.82) is 0 Å². The minimum absolute atomic E-state index is 0.111. The molecule has 0 bridgehead atoms. The highest BCUT2D eigenvalue weighted by Crippen LogP contribution is 2.40. The van der Waals surface area contributed by atoms with Gasteiger partial charge in [0.25, 0.3) is 0 Å². The zero-order valence-corrected chi connectivity index (χ0v) is 11.7. The van der Waals surface area contributed by atoms with Crippen LogP contribution in [0, 0.1) is 0 Å². The summed E-state index contributed by atoms with van der Waals surface area (Å²) in [6.07, 6.45) is 5.62. The molecule has 5 nitrogen and oxygen atoms in total. The van der Waals surface area contributed by atoms with E-state index in [2.05, 4.69) is 28.7 Å². The number of nitrogen functional groups attached to an aromatic ring is 1. The highest BCUT2D eigenvalue weighted by Gasteiger charge is 2.26. The number of aryl methyl sites for hydroxylation is 1. The lowest BCUT2D eigenvalue weighted by atomic mass is 9.76. The molecular weight excluding hydrogens is 250 g/mol. The number of hydrogen-bond acceptors (Lipinski definition) is 4. The van der Waals surface area contributed by atoms with E-state index in [9.17, 15) is 0 Å². The molecule has 106 valence electrons. The van der Waals surface area contributed by atoms with Crippen molar-refractivity contribution in [2.24, 2.45) is 12.9 Å². The molecule has 3 rings (SSSR count). The van der Waals surface area contributed by atoms with Crippen LogP contribution in [0.15, 0.2) is 30.5 Å². The van der Waals surface area contributed by atoms with E-state index in [1.165, 1.54) is 30.4 Å². The second kappa shape index (κ2) is 5.26. The molecule has 2 aromatic rings. The molecule has 0 radical (unpaired) electrons. The predicted octanol–water partition coefficient (Wildman–Crippen LogP) is 1.82. The van der Waals surface area contributed by atoms with Gasteiger partial charge in [-0.25, -0.2) is 5.43 Å². The van der Waals surface area contributed by atoms with Crippen LogP contribution < -0.4 is 17.0 Å². The molecule has 1 fully saturated rings. The average Bonchev–Trinajstić information content (AvgIpc) is 2.72. The molecular formula is C15H21N5. The standard InChI is InChI=1S/C15H21N5/c1-20-15(16)13(9-18-20)14(19-17)12-8-3-2-7-11(12)10-5-4-6-10/h2-3,7-10,14,19H,4-6,16-17H2,1H3. The van der Waals surface area contributed by atoms with Crippen LogP contribution in [0.5, 0.6) is 0 Å². The van der Waals surface area contributed by atoms with Crippen molar-refractivity contribution in [3.05, 3.63) is 47.2 Å². The van der Waals surface area contributed by atoms with E-state index in [0.717, 1.165) is 5.56 Å². The predicted molar refractivity (Wildman–Crippen MR) is 79.8 cm³/mol. The zero-order chi connectivity index (χ0) is 14.1. The summed E-state index contributed by atoms with van der Waals surface area (Å²) in [4.78, 5) is 0. The summed E-state index contributed by atoms with van der Waals surface area (Å²) in [5.41, 5.74) is 12.5. The molecule has 5 heteroatoms. The topological polar surface area (TPSA) is 81.9 Å². The van der Waals surface area contributed by atoms with Crippen molar-refractivity contribution in [2.75, 3.05) is 5.73 Å². The molecule has 0 saturated heterocycles. The van der Waals surface area contributed by atoms with Crippen molar-refractivity contribution in [3.63, 3.8) is 0 Å². The number of hydrazine groups is 1. The Labute approximate surface area is 118 Å². The normalized spacial score (nSPS) is 16.9. The fourth-order valence-electron chi connectivity index (χ4n) is 2.90. The molecule has 0 amide bonds. The minimum Gasteiger partial charge on any atom is -0.384 e. The lowest BCUT2D eigenvalue weighted by Crippen LogP contribution is -2.30. The van der Waals surface area contributed by atoms with Gasteiger partial charge in [0.1, 0.15) is 5.82 Å². The maximum Gasteiger partial charge on any atom is 0.126 e. The lowest BCUT2D eigenvalue weighted by Gasteiger charge is -2.30. The minimum atomic E-state index is -0.111. The molecule has 0 aliphatic heterocycles. The molecule has 0 spiro atoms. The van der Waals surface area contributed by atoms with Gasteiger partial charge in [-0.3, -0.25) is 10.5 Å². The van der Waals surface area contributed by atoms with Crippen LogP contribution in [-0.4, -0.2) is 9.78 Å². The number of aromatic nitrogens is 2. The molecule has 1 aliphatic rings. The number of rotatable bonds is 4. The van der Waals surface area contributed by atoms with E-state index in [-0.39, 0.29) is 6.04 Å². The van der Waals surface area contributed by atoms with Crippen LogP contribution in [0.25, 0.3) is 0 Å². The summed E-state index contributed by atoms with van der Waals surface area (Å²) in [7, 11) is 1.84. The molecule has 1 heterocycles. The molecule has 1 saturated carbocycles. The van der Waals surface area contributed by atoms with Gasteiger partial charge in [0.05, 0.1) is 12.2 Å². The summed E-state index contributed by atoms with van der Waals surface area (Å²) in [5.74, 6) is 7.10. The van der Waals surface area contributed by atoms with Gasteiger partial charge in [-0.05, 0) is 29.9 Å². The van der Waals surface area contributed by atoms with Crippen molar-refractivity contribution in [1.82, 2.24) is 15.2 Å². The summed E-state index contributed by atoms with van der Waals surface area (Å²) in [6.45, 7) is 0. The Kier molecular flexibility index (Phi) is 3.46. The molecule has 1 unspecified atom stereocenters. The molecule has 1 atom stereocenters. The monoisotopic (exact) mass is 271 g/mol. The van der Waals surface area contributed by atoms with Gasteiger partial charge in [0.15, 0.2) is 0 Å². The third-order valence-electron chi connectivity index (χ3n) is 4.34. The quantitative estimate of drug-likeness (QED) is 0.585. The first-order valence-corrected chi connectivity index (χ1v) is 7.04. The largest absolute Gasteiger partial charge is 0.384 e. The fraction of sp³-hybridized carbons (Fsp3) is 0.400. The van der Waals surface area contributed by atoms with Gasteiger partial charge < -0.3 is 5.73 Å². The van der Waals surface area contributed by atoms with E-state index in [1.54, 1.807) is 10.9 Å². The first-order valence-electron chi connectivity index (χ1n) is 7.04. The van der Waals surface area contributed by atoms with Gasteiger partial charge in [-0.15, -0.1) is 0 Å². The fourth-order valence-corrected chi connectivity index (χ4v) is 2.90. The van der Waals surface area contributed by atoms with E-state index in [4.69, 9.17) is 11.6 Å². The molecule has 1 aromatic heterocycles. The zero-order valence-electron chi connectivity index (χ0n) is 11.7. The Morgan fingerprint density at radius 1 is 1.30 bits per heavy atom. The number of benzene rings is 1. The second-order valence-electron chi connectivity index (χ2n) is 5.47.